The highest BCUT2D eigenvalue weighted by molar-refractivity contribution is 6.36. The number of hydrogen-bond acceptors (Lipinski definition) is 0. The van der Waals surface area contributed by atoms with Crippen LogP contribution in [0.25, 0.3) is 0 Å². The third-order valence-corrected chi connectivity index (χ3v) is 4.06. The van der Waals surface area contributed by atoms with Gasteiger partial charge in [0.25, 0.3) is 0 Å². The fraction of sp³-hybridized carbons (Fsp3) is 0.400. The molecule has 0 spiro atoms. The maximum atomic E-state index is 13.1. The van der Waals surface area contributed by atoms with Gasteiger partial charge in [0.1, 0.15) is 11.6 Å². The molecule has 0 aliphatic heterocycles. The first-order valence-corrected chi connectivity index (χ1v) is 8.50. The molecular formula is C20H24Cl2F2. The van der Waals surface area contributed by atoms with E-state index in [-0.39, 0.29) is 11.0 Å². The molecule has 0 fully saturated rings. The standard InChI is InChI=1S/C10H12Cl2.C10H12F2/c2*1-10(2,3)9-7(11)5-4-6-8(9)12/h2*4-6H,1-3H3. The van der Waals surface area contributed by atoms with Gasteiger partial charge in [-0.1, -0.05) is 76.9 Å². The molecule has 0 nitrogen and oxygen atoms in total. The van der Waals surface area contributed by atoms with Gasteiger partial charge in [-0.15, -0.1) is 0 Å². The summed E-state index contributed by atoms with van der Waals surface area (Å²) in [5.41, 5.74) is 0.712. The Balaban J connectivity index is 0.000000240. The lowest BCUT2D eigenvalue weighted by molar-refractivity contribution is 0.475. The predicted octanol–water partition coefficient (Wildman–Crippen LogP) is 7.55. The van der Waals surface area contributed by atoms with Crippen molar-refractivity contribution in [1.29, 1.82) is 0 Å². The van der Waals surface area contributed by atoms with Gasteiger partial charge >= 0.3 is 0 Å². The van der Waals surface area contributed by atoms with Crippen LogP contribution in [0.15, 0.2) is 36.4 Å². The van der Waals surface area contributed by atoms with E-state index in [4.69, 9.17) is 23.2 Å². The van der Waals surface area contributed by atoms with Gasteiger partial charge in [0, 0.05) is 15.6 Å². The van der Waals surface area contributed by atoms with E-state index in [1.807, 2.05) is 18.2 Å². The van der Waals surface area contributed by atoms with Crippen LogP contribution in [0.4, 0.5) is 8.78 Å². The topological polar surface area (TPSA) is 0 Å². The molecule has 0 saturated carbocycles. The van der Waals surface area contributed by atoms with E-state index in [2.05, 4.69) is 20.8 Å². The third kappa shape index (κ3) is 5.46. The SMILES string of the molecule is CC(C)(C)c1c(Cl)cccc1Cl.CC(C)(C)c1c(F)cccc1F. The number of halogens is 4. The van der Waals surface area contributed by atoms with E-state index in [9.17, 15) is 8.78 Å². The van der Waals surface area contributed by atoms with Crippen molar-refractivity contribution in [3.8, 4) is 0 Å². The van der Waals surface area contributed by atoms with E-state index in [1.54, 1.807) is 20.8 Å². The molecule has 0 amide bonds. The minimum absolute atomic E-state index is 0.00935. The molecule has 4 heteroatoms. The Morgan fingerprint density at radius 2 is 0.958 bits per heavy atom. The van der Waals surface area contributed by atoms with Crippen LogP contribution in [0.1, 0.15) is 52.7 Å². The zero-order chi connectivity index (χ0) is 18.7. The van der Waals surface area contributed by atoms with Crippen LogP contribution in [0.3, 0.4) is 0 Å². The van der Waals surface area contributed by atoms with Crippen molar-refractivity contribution in [3.63, 3.8) is 0 Å². The number of hydrogen-bond donors (Lipinski definition) is 0. The molecular weight excluding hydrogens is 349 g/mol. The van der Waals surface area contributed by atoms with Gasteiger partial charge in [-0.05, 0) is 40.7 Å². The minimum Gasteiger partial charge on any atom is -0.207 e. The van der Waals surface area contributed by atoms with Crippen molar-refractivity contribution in [2.45, 2.75) is 52.4 Å². The summed E-state index contributed by atoms with van der Waals surface area (Å²) in [4.78, 5) is 0. The van der Waals surface area contributed by atoms with Crippen molar-refractivity contribution in [2.75, 3.05) is 0 Å². The lowest BCUT2D eigenvalue weighted by Gasteiger charge is -2.21. The quantitative estimate of drug-likeness (QED) is 0.447. The Bertz CT molecular complexity index is 594. The third-order valence-electron chi connectivity index (χ3n) is 3.43. The Kier molecular flexibility index (Phi) is 6.84. The first-order valence-electron chi connectivity index (χ1n) is 7.74. The van der Waals surface area contributed by atoms with Crippen LogP contribution in [-0.2, 0) is 10.8 Å². The first-order chi connectivity index (χ1) is 10.9. The average Bonchev–Trinajstić information content (AvgIpc) is 2.35. The zero-order valence-corrected chi connectivity index (χ0v) is 16.5. The second-order valence-corrected chi connectivity index (χ2v) is 8.51. The molecule has 0 N–H and O–H groups in total. The van der Waals surface area contributed by atoms with Crippen molar-refractivity contribution >= 4 is 23.2 Å². The highest BCUT2D eigenvalue weighted by Gasteiger charge is 2.22. The van der Waals surface area contributed by atoms with E-state index >= 15 is 0 Å². The molecule has 0 radical (unpaired) electrons. The molecule has 0 atom stereocenters. The smallest absolute Gasteiger partial charge is 0.129 e. The van der Waals surface area contributed by atoms with E-state index in [1.165, 1.54) is 18.2 Å². The highest BCUT2D eigenvalue weighted by atomic mass is 35.5. The van der Waals surface area contributed by atoms with E-state index in [0.717, 1.165) is 15.6 Å². The normalized spacial score (nSPS) is 11.8. The fourth-order valence-corrected chi connectivity index (χ4v) is 3.39. The Morgan fingerprint density at radius 3 is 1.21 bits per heavy atom. The average molecular weight is 373 g/mol. The monoisotopic (exact) mass is 372 g/mol. The maximum Gasteiger partial charge on any atom is 0.129 e. The van der Waals surface area contributed by atoms with Crippen LogP contribution in [0, 0.1) is 11.6 Å². The molecule has 0 saturated heterocycles. The summed E-state index contributed by atoms with van der Waals surface area (Å²) in [6.07, 6.45) is 0. The van der Waals surface area contributed by atoms with Crippen molar-refractivity contribution in [1.82, 2.24) is 0 Å². The molecule has 2 aromatic carbocycles. The molecule has 0 aliphatic rings. The fourth-order valence-electron chi connectivity index (χ4n) is 2.43. The van der Waals surface area contributed by atoms with Crippen molar-refractivity contribution in [3.05, 3.63) is 69.2 Å². The van der Waals surface area contributed by atoms with Crippen LogP contribution in [0.5, 0.6) is 0 Å². The van der Waals surface area contributed by atoms with Gasteiger partial charge in [-0.2, -0.15) is 0 Å². The van der Waals surface area contributed by atoms with Gasteiger partial charge in [-0.25, -0.2) is 8.78 Å². The Morgan fingerprint density at radius 1 is 0.625 bits per heavy atom. The molecule has 0 aliphatic carbocycles. The first kappa shape index (κ1) is 20.9. The van der Waals surface area contributed by atoms with Gasteiger partial charge in [0.15, 0.2) is 0 Å². The molecule has 24 heavy (non-hydrogen) atoms. The van der Waals surface area contributed by atoms with E-state index in [0.29, 0.717) is 0 Å². The lowest BCUT2D eigenvalue weighted by atomic mass is 9.86. The summed E-state index contributed by atoms with van der Waals surface area (Å²) in [6, 6.07) is 9.54. The molecule has 2 rings (SSSR count). The second kappa shape index (κ2) is 7.84. The lowest BCUT2D eigenvalue weighted by Crippen LogP contribution is -2.15. The summed E-state index contributed by atoms with van der Waals surface area (Å²) in [6.45, 7) is 11.7. The van der Waals surface area contributed by atoms with Crippen LogP contribution >= 0.6 is 23.2 Å². The number of rotatable bonds is 0. The summed E-state index contributed by atoms with van der Waals surface area (Å²) in [5.74, 6) is -0.940. The molecule has 0 bridgehead atoms. The zero-order valence-electron chi connectivity index (χ0n) is 15.0. The molecule has 0 heterocycles. The summed E-state index contributed by atoms with van der Waals surface area (Å²) in [7, 11) is 0. The van der Waals surface area contributed by atoms with Gasteiger partial charge in [0.05, 0.1) is 0 Å². The maximum absolute atomic E-state index is 13.1. The van der Waals surface area contributed by atoms with Crippen molar-refractivity contribution < 1.29 is 8.78 Å². The second-order valence-electron chi connectivity index (χ2n) is 7.69. The van der Waals surface area contributed by atoms with Gasteiger partial charge in [0.2, 0.25) is 0 Å². The minimum atomic E-state index is -0.477. The van der Waals surface area contributed by atoms with Gasteiger partial charge < -0.3 is 0 Å². The van der Waals surface area contributed by atoms with Crippen LogP contribution in [0.2, 0.25) is 10.0 Å². The highest BCUT2D eigenvalue weighted by Crippen LogP contribution is 2.34. The Labute approximate surface area is 153 Å². The predicted molar refractivity (Wildman–Crippen MR) is 100 cm³/mol. The van der Waals surface area contributed by atoms with Gasteiger partial charge in [-0.3, -0.25) is 0 Å². The summed E-state index contributed by atoms with van der Waals surface area (Å²) < 4.78 is 26.2. The Hall–Kier alpha value is -1.12. The largest absolute Gasteiger partial charge is 0.207 e. The van der Waals surface area contributed by atoms with Crippen LogP contribution < -0.4 is 0 Å². The number of benzene rings is 2. The summed E-state index contributed by atoms with van der Waals surface area (Å²) >= 11 is 12.1. The molecule has 0 unspecified atom stereocenters. The molecule has 132 valence electrons. The van der Waals surface area contributed by atoms with E-state index < -0.39 is 17.0 Å². The van der Waals surface area contributed by atoms with Crippen molar-refractivity contribution in [2.24, 2.45) is 0 Å². The van der Waals surface area contributed by atoms with Crippen LogP contribution in [-0.4, -0.2) is 0 Å². The molecule has 0 aromatic heterocycles. The molecule has 2 aromatic rings. The summed E-state index contributed by atoms with van der Waals surface area (Å²) in [5, 5.41) is 1.49.